The van der Waals surface area contributed by atoms with Gasteiger partial charge in [0.2, 0.25) is 0 Å². The minimum atomic E-state index is -0.277. The van der Waals surface area contributed by atoms with Crippen molar-refractivity contribution in [3.05, 3.63) is 56.4 Å². The fraction of sp³-hybridized carbons (Fsp3) is 0.0909. The molecule has 84 valence electrons. The molecule has 0 fully saturated rings. The standard InChI is InChI=1S/C11H10BrFN2S/c12-8-4-7(5-9(13)6-8)11(15-14)10-2-1-3-16-10/h1-6,11,15H,14H2. The van der Waals surface area contributed by atoms with Crippen molar-refractivity contribution in [1.82, 2.24) is 5.43 Å². The van der Waals surface area contributed by atoms with Gasteiger partial charge >= 0.3 is 0 Å². The van der Waals surface area contributed by atoms with Gasteiger partial charge in [0.15, 0.2) is 0 Å². The second kappa shape index (κ2) is 5.05. The number of hydrogen-bond acceptors (Lipinski definition) is 3. The average molecular weight is 301 g/mol. The van der Waals surface area contributed by atoms with E-state index in [1.807, 2.05) is 23.6 Å². The van der Waals surface area contributed by atoms with Crippen molar-refractivity contribution >= 4 is 27.3 Å². The minimum absolute atomic E-state index is 0.174. The first-order chi connectivity index (χ1) is 7.70. The lowest BCUT2D eigenvalue weighted by Gasteiger charge is -2.15. The molecule has 3 N–H and O–H groups in total. The lowest BCUT2D eigenvalue weighted by atomic mass is 10.1. The van der Waals surface area contributed by atoms with Crippen molar-refractivity contribution in [2.24, 2.45) is 5.84 Å². The van der Waals surface area contributed by atoms with Crippen molar-refractivity contribution in [2.45, 2.75) is 6.04 Å². The summed E-state index contributed by atoms with van der Waals surface area (Å²) in [7, 11) is 0. The molecule has 1 heterocycles. The van der Waals surface area contributed by atoms with Crippen LogP contribution in [0.15, 0.2) is 40.2 Å². The molecule has 0 radical (unpaired) electrons. The maximum Gasteiger partial charge on any atom is 0.124 e. The van der Waals surface area contributed by atoms with E-state index < -0.39 is 0 Å². The van der Waals surface area contributed by atoms with E-state index in [0.717, 1.165) is 10.4 Å². The second-order valence-electron chi connectivity index (χ2n) is 3.32. The molecule has 5 heteroatoms. The van der Waals surface area contributed by atoms with Gasteiger partial charge in [-0.2, -0.15) is 0 Å². The van der Waals surface area contributed by atoms with E-state index >= 15 is 0 Å². The van der Waals surface area contributed by atoms with Gasteiger partial charge in [0.05, 0.1) is 6.04 Å². The summed E-state index contributed by atoms with van der Waals surface area (Å²) in [5, 5.41) is 1.97. The Kier molecular flexibility index (Phi) is 3.70. The van der Waals surface area contributed by atoms with E-state index in [-0.39, 0.29) is 11.9 Å². The number of hydrogen-bond donors (Lipinski definition) is 2. The number of nitrogens with two attached hydrogens (primary N) is 1. The van der Waals surface area contributed by atoms with Crippen LogP contribution in [0, 0.1) is 5.82 Å². The van der Waals surface area contributed by atoms with Crippen LogP contribution in [0.1, 0.15) is 16.5 Å². The Labute approximate surface area is 105 Å². The van der Waals surface area contributed by atoms with Crippen LogP contribution in [0.4, 0.5) is 4.39 Å². The number of rotatable bonds is 3. The Balaban J connectivity index is 2.41. The summed E-state index contributed by atoms with van der Waals surface area (Å²) in [6.07, 6.45) is 0. The van der Waals surface area contributed by atoms with Gasteiger partial charge in [0, 0.05) is 9.35 Å². The summed E-state index contributed by atoms with van der Waals surface area (Å²) >= 11 is 4.85. The van der Waals surface area contributed by atoms with E-state index in [9.17, 15) is 4.39 Å². The van der Waals surface area contributed by atoms with E-state index in [1.165, 1.54) is 12.1 Å². The molecule has 0 aliphatic heterocycles. The average Bonchev–Trinajstić information content (AvgIpc) is 2.70. The van der Waals surface area contributed by atoms with E-state index in [4.69, 9.17) is 5.84 Å². The third-order valence-corrected chi connectivity index (χ3v) is 3.61. The van der Waals surface area contributed by atoms with Gasteiger partial charge in [0.1, 0.15) is 5.82 Å². The fourth-order valence-electron chi connectivity index (χ4n) is 1.54. The van der Waals surface area contributed by atoms with Crippen molar-refractivity contribution in [3.8, 4) is 0 Å². The number of nitrogens with one attached hydrogen (secondary N) is 1. The number of hydrazine groups is 1. The lowest BCUT2D eigenvalue weighted by Crippen LogP contribution is -2.28. The molecule has 1 aromatic carbocycles. The van der Waals surface area contributed by atoms with Crippen molar-refractivity contribution in [2.75, 3.05) is 0 Å². The van der Waals surface area contributed by atoms with Crippen LogP contribution in [-0.2, 0) is 0 Å². The molecule has 2 nitrogen and oxygen atoms in total. The molecule has 1 aromatic heterocycles. The zero-order valence-electron chi connectivity index (χ0n) is 8.28. The zero-order chi connectivity index (χ0) is 11.5. The van der Waals surface area contributed by atoms with Crippen molar-refractivity contribution in [3.63, 3.8) is 0 Å². The quantitative estimate of drug-likeness (QED) is 0.675. The number of halogens is 2. The highest BCUT2D eigenvalue weighted by molar-refractivity contribution is 9.10. The maximum absolute atomic E-state index is 13.3. The molecular weight excluding hydrogens is 291 g/mol. The molecule has 0 aliphatic carbocycles. The van der Waals surface area contributed by atoms with Gasteiger partial charge in [-0.05, 0) is 35.2 Å². The molecule has 0 spiro atoms. The third-order valence-electron chi connectivity index (χ3n) is 2.21. The van der Waals surface area contributed by atoms with Gasteiger partial charge in [-0.1, -0.05) is 22.0 Å². The Bertz CT molecular complexity index is 453. The molecule has 1 unspecified atom stereocenters. The first kappa shape index (κ1) is 11.7. The maximum atomic E-state index is 13.3. The van der Waals surface area contributed by atoms with Crippen LogP contribution in [-0.4, -0.2) is 0 Å². The van der Waals surface area contributed by atoms with Crippen LogP contribution in [0.2, 0.25) is 0 Å². The minimum Gasteiger partial charge on any atom is -0.271 e. The summed E-state index contributed by atoms with van der Waals surface area (Å²) in [4.78, 5) is 1.06. The molecule has 1 atom stereocenters. The van der Waals surface area contributed by atoms with E-state index in [1.54, 1.807) is 11.3 Å². The Morgan fingerprint density at radius 1 is 1.38 bits per heavy atom. The van der Waals surface area contributed by atoms with Gasteiger partial charge in [-0.15, -0.1) is 11.3 Å². The molecule has 16 heavy (non-hydrogen) atoms. The molecule has 0 saturated heterocycles. The van der Waals surface area contributed by atoms with Gasteiger partial charge < -0.3 is 0 Å². The summed E-state index contributed by atoms with van der Waals surface area (Å²) in [6.45, 7) is 0. The number of benzene rings is 1. The molecular formula is C11H10BrFN2S. The molecule has 2 aromatic rings. The van der Waals surface area contributed by atoms with Gasteiger partial charge in [-0.25, -0.2) is 9.82 Å². The van der Waals surface area contributed by atoms with Gasteiger partial charge in [0.25, 0.3) is 0 Å². The first-order valence-corrected chi connectivity index (χ1v) is 6.33. The first-order valence-electron chi connectivity index (χ1n) is 4.66. The third kappa shape index (κ3) is 2.49. The lowest BCUT2D eigenvalue weighted by molar-refractivity contribution is 0.607. The summed E-state index contributed by atoms with van der Waals surface area (Å²) in [5.74, 6) is 5.24. The van der Waals surface area contributed by atoms with Crippen LogP contribution in [0.25, 0.3) is 0 Å². The van der Waals surface area contributed by atoms with Crippen LogP contribution < -0.4 is 11.3 Å². The Morgan fingerprint density at radius 3 is 2.75 bits per heavy atom. The second-order valence-corrected chi connectivity index (χ2v) is 5.21. The summed E-state index contributed by atoms with van der Waals surface area (Å²) in [6, 6.07) is 8.49. The summed E-state index contributed by atoms with van der Waals surface area (Å²) < 4.78 is 14.0. The molecule has 0 amide bonds. The van der Waals surface area contributed by atoms with Gasteiger partial charge in [-0.3, -0.25) is 5.84 Å². The Morgan fingerprint density at radius 2 is 2.19 bits per heavy atom. The molecule has 2 rings (SSSR count). The molecule has 0 aliphatic rings. The normalized spacial score (nSPS) is 12.7. The summed E-state index contributed by atoms with van der Waals surface area (Å²) in [5.41, 5.74) is 3.50. The fourth-order valence-corrected chi connectivity index (χ4v) is 2.83. The van der Waals surface area contributed by atoms with Crippen LogP contribution >= 0.6 is 27.3 Å². The smallest absolute Gasteiger partial charge is 0.124 e. The van der Waals surface area contributed by atoms with Crippen molar-refractivity contribution < 1.29 is 4.39 Å². The molecule has 0 bridgehead atoms. The monoisotopic (exact) mass is 300 g/mol. The number of thiophene rings is 1. The van der Waals surface area contributed by atoms with Crippen molar-refractivity contribution in [1.29, 1.82) is 0 Å². The highest BCUT2D eigenvalue weighted by Gasteiger charge is 2.14. The Hall–Kier alpha value is -0.750. The predicted octanol–water partition coefficient (Wildman–Crippen LogP) is 3.20. The highest BCUT2D eigenvalue weighted by Crippen LogP contribution is 2.27. The molecule has 0 saturated carbocycles. The van der Waals surface area contributed by atoms with Crippen LogP contribution in [0.5, 0.6) is 0 Å². The zero-order valence-corrected chi connectivity index (χ0v) is 10.7. The predicted molar refractivity (Wildman–Crippen MR) is 67.6 cm³/mol. The largest absolute Gasteiger partial charge is 0.271 e. The van der Waals surface area contributed by atoms with E-state index in [2.05, 4.69) is 21.4 Å². The topological polar surface area (TPSA) is 38.0 Å². The highest BCUT2D eigenvalue weighted by atomic mass is 79.9. The SMILES string of the molecule is NNC(c1cc(F)cc(Br)c1)c1cccs1. The van der Waals surface area contributed by atoms with Crippen LogP contribution in [0.3, 0.4) is 0 Å². The van der Waals surface area contributed by atoms with E-state index in [0.29, 0.717) is 4.47 Å².